The molecule has 0 spiro atoms. The van der Waals surface area contributed by atoms with Gasteiger partial charge in [-0.3, -0.25) is 4.98 Å². The molecule has 6 heteroatoms. The highest BCUT2D eigenvalue weighted by Crippen LogP contribution is 2.34. The molecule has 2 N–H and O–H groups in total. The predicted molar refractivity (Wildman–Crippen MR) is 96.1 cm³/mol. The lowest BCUT2D eigenvalue weighted by molar-refractivity contribution is 0.198. The normalized spacial score (nSPS) is 13.7. The fraction of sp³-hybridized carbons (Fsp3) is 0.105. The monoisotopic (exact) mass is 331 g/mol. The molecule has 4 rings (SSSR count). The highest BCUT2D eigenvalue weighted by Gasteiger charge is 2.32. The van der Waals surface area contributed by atoms with Crippen molar-refractivity contribution in [3.05, 3.63) is 78.2 Å². The zero-order chi connectivity index (χ0) is 17.2. The van der Waals surface area contributed by atoms with E-state index in [0.717, 1.165) is 11.1 Å². The maximum Gasteiger partial charge on any atom is 0.330 e. The van der Waals surface area contributed by atoms with E-state index in [4.69, 9.17) is 5.73 Å². The van der Waals surface area contributed by atoms with Crippen LogP contribution < -0.4 is 10.6 Å². The highest BCUT2D eigenvalue weighted by atomic mass is 16.2. The van der Waals surface area contributed by atoms with E-state index in [1.807, 2.05) is 36.4 Å². The van der Waals surface area contributed by atoms with E-state index >= 15 is 0 Å². The van der Waals surface area contributed by atoms with E-state index in [2.05, 4.69) is 9.97 Å². The minimum absolute atomic E-state index is 0.124. The summed E-state index contributed by atoms with van der Waals surface area (Å²) in [6.07, 6.45) is 5.19. The van der Waals surface area contributed by atoms with Gasteiger partial charge in [0.15, 0.2) is 0 Å². The molecule has 1 aliphatic rings. The number of nitrogen functional groups attached to an aromatic ring is 1. The zero-order valence-corrected chi connectivity index (χ0v) is 13.5. The predicted octanol–water partition coefficient (Wildman–Crippen LogP) is 3.33. The highest BCUT2D eigenvalue weighted by molar-refractivity contribution is 6.01. The lowest BCUT2D eigenvalue weighted by atomic mass is 10.1. The van der Waals surface area contributed by atoms with Gasteiger partial charge in [0.05, 0.1) is 12.2 Å². The Morgan fingerprint density at radius 2 is 1.96 bits per heavy atom. The van der Waals surface area contributed by atoms with Gasteiger partial charge in [-0.25, -0.2) is 14.7 Å². The van der Waals surface area contributed by atoms with Crippen LogP contribution in [0.5, 0.6) is 0 Å². The Bertz CT molecular complexity index is 912. The fourth-order valence-corrected chi connectivity index (χ4v) is 2.99. The van der Waals surface area contributed by atoms with Gasteiger partial charge in [0.25, 0.3) is 0 Å². The lowest BCUT2D eigenvalue weighted by Gasteiger charge is -2.36. The number of hydrogen-bond acceptors (Lipinski definition) is 4. The third-order valence-corrected chi connectivity index (χ3v) is 4.13. The minimum atomic E-state index is -0.124. The van der Waals surface area contributed by atoms with E-state index in [1.165, 1.54) is 0 Å². The average molecular weight is 331 g/mol. The van der Waals surface area contributed by atoms with Crippen LogP contribution in [0, 0.1) is 0 Å². The van der Waals surface area contributed by atoms with E-state index in [0.29, 0.717) is 30.3 Å². The molecule has 2 aromatic heterocycles. The molecule has 1 aliphatic heterocycles. The quantitative estimate of drug-likeness (QED) is 0.747. The standard InChI is InChI=1S/C19H17N5O/c20-16-6-1-7-17(10-16)24-18-15(5-3-9-22-18)13-23(19(24)25)12-14-4-2-8-21-11-14/h1-11H,12-13,20H2. The summed E-state index contributed by atoms with van der Waals surface area (Å²) in [5.41, 5.74) is 9.20. The van der Waals surface area contributed by atoms with Gasteiger partial charge in [-0.15, -0.1) is 0 Å². The van der Waals surface area contributed by atoms with Crippen LogP contribution in [0.15, 0.2) is 67.1 Å². The topological polar surface area (TPSA) is 75.3 Å². The Morgan fingerprint density at radius 3 is 2.76 bits per heavy atom. The Kier molecular flexibility index (Phi) is 3.78. The molecule has 1 aromatic carbocycles. The van der Waals surface area contributed by atoms with Crippen LogP contribution >= 0.6 is 0 Å². The Hall–Kier alpha value is -3.41. The molecule has 0 unspecified atom stereocenters. The number of carbonyl (C=O) groups is 1. The number of aromatic nitrogens is 2. The van der Waals surface area contributed by atoms with Crippen molar-refractivity contribution in [1.82, 2.24) is 14.9 Å². The second-order valence-electron chi connectivity index (χ2n) is 5.92. The zero-order valence-electron chi connectivity index (χ0n) is 13.5. The molecular weight excluding hydrogens is 314 g/mol. The molecule has 0 saturated carbocycles. The van der Waals surface area contributed by atoms with E-state index in [-0.39, 0.29) is 6.03 Å². The molecule has 2 amide bonds. The first-order valence-electron chi connectivity index (χ1n) is 8.00. The largest absolute Gasteiger partial charge is 0.399 e. The number of benzene rings is 1. The summed E-state index contributed by atoms with van der Waals surface area (Å²) >= 11 is 0. The summed E-state index contributed by atoms with van der Waals surface area (Å²) < 4.78 is 0. The van der Waals surface area contributed by atoms with Gasteiger partial charge >= 0.3 is 6.03 Å². The Labute approximate surface area is 145 Å². The molecule has 0 fully saturated rings. The summed E-state index contributed by atoms with van der Waals surface area (Å²) in [5.74, 6) is 0.653. The summed E-state index contributed by atoms with van der Waals surface area (Å²) in [6, 6.07) is 14.9. The van der Waals surface area contributed by atoms with Crippen LogP contribution in [0.1, 0.15) is 11.1 Å². The van der Waals surface area contributed by atoms with Crippen LogP contribution in [-0.2, 0) is 13.1 Å². The number of amides is 2. The Morgan fingerprint density at radius 1 is 1.08 bits per heavy atom. The molecule has 0 atom stereocenters. The van der Waals surface area contributed by atoms with Crippen molar-refractivity contribution in [3.8, 4) is 0 Å². The number of anilines is 3. The van der Waals surface area contributed by atoms with Crippen molar-refractivity contribution in [1.29, 1.82) is 0 Å². The second kappa shape index (κ2) is 6.24. The fourth-order valence-electron chi connectivity index (χ4n) is 2.99. The van der Waals surface area contributed by atoms with Crippen LogP contribution in [0.25, 0.3) is 0 Å². The van der Waals surface area contributed by atoms with Gasteiger partial charge in [0.1, 0.15) is 5.82 Å². The van der Waals surface area contributed by atoms with Crippen molar-refractivity contribution in [2.45, 2.75) is 13.1 Å². The molecule has 0 saturated heterocycles. The van der Waals surface area contributed by atoms with Gasteiger partial charge < -0.3 is 10.6 Å². The second-order valence-corrected chi connectivity index (χ2v) is 5.92. The number of nitrogens with zero attached hydrogens (tertiary/aromatic N) is 4. The molecule has 25 heavy (non-hydrogen) atoms. The molecule has 3 heterocycles. The van der Waals surface area contributed by atoms with E-state index < -0.39 is 0 Å². The van der Waals surface area contributed by atoms with Crippen LogP contribution in [0.2, 0.25) is 0 Å². The van der Waals surface area contributed by atoms with Crippen molar-refractivity contribution < 1.29 is 4.79 Å². The molecule has 0 radical (unpaired) electrons. The van der Waals surface area contributed by atoms with Gasteiger partial charge in [-0.1, -0.05) is 18.2 Å². The van der Waals surface area contributed by atoms with Gasteiger partial charge in [0.2, 0.25) is 0 Å². The van der Waals surface area contributed by atoms with E-state index in [1.54, 1.807) is 40.5 Å². The average Bonchev–Trinajstić information content (AvgIpc) is 2.63. The molecular formula is C19H17N5O. The summed E-state index contributed by atoms with van der Waals surface area (Å²) in [6.45, 7) is 0.996. The van der Waals surface area contributed by atoms with Gasteiger partial charge in [-0.2, -0.15) is 0 Å². The smallest absolute Gasteiger partial charge is 0.330 e. The lowest BCUT2D eigenvalue weighted by Crippen LogP contribution is -2.44. The van der Waals surface area contributed by atoms with Crippen LogP contribution in [0.3, 0.4) is 0 Å². The number of carbonyl (C=O) groups excluding carboxylic acids is 1. The summed E-state index contributed by atoms with van der Waals surface area (Å²) in [4.78, 5) is 25.1. The maximum atomic E-state index is 13.2. The number of fused-ring (bicyclic) bond motifs is 1. The third-order valence-electron chi connectivity index (χ3n) is 4.13. The minimum Gasteiger partial charge on any atom is -0.399 e. The number of urea groups is 1. The number of pyridine rings is 2. The molecule has 3 aromatic rings. The van der Waals surface area contributed by atoms with E-state index in [9.17, 15) is 4.79 Å². The van der Waals surface area contributed by atoms with Crippen molar-refractivity contribution in [2.75, 3.05) is 10.6 Å². The number of hydrogen-bond donors (Lipinski definition) is 1. The van der Waals surface area contributed by atoms with Crippen molar-refractivity contribution in [2.24, 2.45) is 0 Å². The molecule has 0 bridgehead atoms. The molecule has 124 valence electrons. The molecule has 6 nitrogen and oxygen atoms in total. The Balaban J connectivity index is 1.75. The van der Waals surface area contributed by atoms with Crippen molar-refractivity contribution in [3.63, 3.8) is 0 Å². The third kappa shape index (κ3) is 2.89. The SMILES string of the molecule is Nc1cccc(N2C(=O)N(Cc3cccnc3)Cc3cccnc32)c1. The maximum absolute atomic E-state index is 13.2. The van der Waals surface area contributed by atoms with Crippen molar-refractivity contribution >= 4 is 23.2 Å². The van der Waals surface area contributed by atoms with Gasteiger partial charge in [-0.05, 0) is 35.9 Å². The summed E-state index contributed by atoms with van der Waals surface area (Å²) in [7, 11) is 0. The van der Waals surface area contributed by atoms with Gasteiger partial charge in [0, 0.05) is 36.4 Å². The molecule has 0 aliphatic carbocycles. The van der Waals surface area contributed by atoms with Crippen LogP contribution in [-0.4, -0.2) is 20.9 Å². The number of rotatable bonds is 3. The first-order chi connectivity index (χ1) is 12.2. The number of nitrogens with two attached hydrogens (primary N) is 1. The first kappa shape index (κ1) is 15.1. The first-order valence-corrected chi connectivity index (χ1v) is 8.00. The summed E-state index contributed by atoms with van der Waals surface area (Å²) in [5, 5.41) is 0. The van der Waals surface area contributed by atoms with Crippen LogP contribution in [0.4, 0.5) is 22.0 Å².